The molecule has 0 aliphatic heterocycles. The maximum atomic E-state index is 12.9. The molecule has 0 aliphatic carbocycles. The lowest BCUT2D eigenvalue weighted by atomic mass is 10.00. The van der Waals surface area contributed by atoms with E-state index in [9.17, 15) is 20.0 Å². The number of nitriles is 1. The molecular weight excluding hydrogens is 356 g/mol. The lowest BCUT2D eigenvalue weighted by molar-refractivity contribution is 0.0915. The van der Waals surface area contributed by atoms with E-state index in [1.807, 2.05) is 45.0 Å². The molecule has 0 saturated carbocycles. The molecule has 28 heavy (non-hydrogen) atoms. The van der Waals surface area contributed by atoms with Crippen LogP contribution in [-0.4, -0.2) is 22.1 Å². The third kappa shape index (κ3) is 3.94. The van der Waals surface area contributed by atoms with Crippen molar-refractivity contribution in [1.29, 1.82) is 5.26 Å². The number of pyridine rings is 1. The summed E-state index contributed by atoms with van der Waals surface area (Å²) in [7, 11) is 0. The molecule has 0 amide bonds. The van der Waals surface area contributed by atoms with E-state index in [0.717, 1.165) is 15.7 Å². The Kier molecular flexibility index (Phi) is 6.30. The predicted octanol–water partition coefficient (Wildman–Crippen LogP) is 4.01. The summed E-state index contributed by atoms with van der Waals surface area (Å²) in [4.78, 5) is 25.3. The van der Waals surface area contributed by atoms with Crippen molar-refractivity contribution in [3.05, 3.63) is 56.4 Å². The summed E-state index contributed by atoms with van der Waals surface area (Å²) in [6, 6.07) is 7.26. The zero-order chi connectivity index (χ0) is 21.2. The van der Waals surface area contributed by atoms with Crippen molar-refractivity contribution >= 4 is 5.78 Å². The van der Waals surface area contributed by atoms with E-state index < -0.39 is 23.3 Å². The summed E-state index contributed by atoms with van der Waals surface area (Å²) in [5, 5.41) is 19.9. The number of benzene rings is 1. The number of Topliss-reactive ketones (excluding diaryl/α,β-unsaturated/α-hetero) is 1. The SMILES string of the molecule is Cc1ccc(C(C)C)c(OCC(=O)c2c(C)c(C#N)c(=O)n(C(C)C)c2O)c1. The third-order valence-electron chi connectivity index (χ3n) is 4.69. The highest BCUT2D eigenvalue weighted by Crippen LogP contribution is 2.29. The van der Waals surface area contributed by atoms with Crippen LogP contribution < -0.4 is 10.3 Å². The predicted molar refractivity (Wildman–Crippen MR) is 107 cm³/mol. The standard InChI is InChI=1S/C22H26N2O4/c1-12(2)16-8-7-14(5)9-19(16)28-11-18(25)20-15(6)17(10-23)21(26)24(13(3)4)22(20)27/h7-9,12-13,27H,11H2,1-6H3. The van der Waals surface area contributed by atoms with Crippen LogP contribution in [0.25, 0.3) is 0 Å². The molecule has 148 valence electrons. The zero-order valence-electron chi connectivity index (χ0n) is 17.2. The Bertz CT molecular complexity index is 1010. The van der Waals surface area contributed by atoms with Gasteiger partial charge in [-0.2, -0.15) is 5.26 Å². The molecule has 0 radical (unpaired) electrons. The van der Waals surface area contributed by atoms with E-state index in [2.05, 4.69) is 0 Å². The Morgan fingerprint density at radius 1 is 1.25 bits per heavy atom. The van der Waals surface area contributed by atoms with Gasteiger partial charge in [0.05, 0.1) is 5.56 Å². The Morgan fingerprint density at radius 2 is 1.89 bits per heavy atom. The van der Waals surface area contributed by atoms with Gasteiger partial charge in [-0.15, -0.1) is 0 Å². The maximum absolute atomic E-state index is 12.9. The molecule has 2 aromatic rings. The molecule has 0 bridgehead atoms. The van der Waals surface area contributed by atoms with E-state index in [4.69, 9.17) is 4.74 Å². The maximum Gasteiger partial charge on any atom is 0.271 e. The number of ketones is 1. The minimum absolute atomic E-state index is 0.0522. The van der Waals surface area contributed by atoms with Gasteiger partial charge in [-0.25, -0.2) is 0 Å². The number of hydrogen-bond acceptors (Lipinski definition) is 5. The molecule has 0 atom stereocenters. The first-order valence-corrected chi connectivity index (χ1v) is 9.24. The Balaban J connectivity index is 2.47. The summed E-state index contributed by atoms with van der Waals surface area (Å²) in [6.45, 7) is 10.6. The van der Waals surface area contributed by atoms with Gasteiger partial charge >= 0.3 is 0 Å². The Hall–Kier alpha value is -3.07. The normalized spacial score (nSPS) is 11.0. The highest BCUT2D eigenvalue weighted by Gasteiger charge is 2.25. The molecule has 2 rings (SSSR count). The van der Waals surface area contributed by atoms with Crippen LogP contribution in [0.1, 0.15) is 72.3 Å². The number of rotatable bonds is 6. The molecule has 0 saturated heterocycles. The van der Waals surface area contributed by atoms with Crippen LogP contribution in [0.15, 0.2) is 23.0 Å². The number of hydrogen-bond donors (Lipinski definition) is 1. The van der Waals surface area contributed by atoms with Crippen LogP contribution in [-0.2, 0) is 0 Å². The Morgan fingerprint density at radius 3 is 2.43 bits per heavy atom. The monoisotopic (exact) mass is 382 g/mol. The van der Waals surface area contributed by atoms with E-state index in [-0.39, 0.29) is 29.2 Å². The van der Waals surface area contributed by atoms with E-state index in [1.54, 1.807) is 13.8 Å². The van der Waals surface area contributed by atoms with Crippen molar-refractivity contribution in [1.82, 2.24) is 4.57 Å². The summed E-state index contributed by atoms with van der Waals surface area (Å²) >= 11 is 0. The molecule has 1 N–H and O–H groups in total. The second kappa shape index (κ2) is 8.30. The van der Waals surface area contributed by atoms with Gasteiger partial charge in [-0.1, -0.05) is 26.0 Å². The third-order valence-corrected chi connectivity index (χ3v) is 4.69. The van der Waals surface area contributed by atoms with Gasteiger partial charge in [-0.3, -0.25) is 14.2 Å². The summed E-state index contributed by atoms with van der Waals surface area (Å²) in [5.41, 5.74) is 1.35. The number of aryl methyl sites for hydroxylation is 1. The molecule has 0 spiro atoms. The second-order valence-corrected chi connectivity index (χ2v) is 7.49. The van der Waals surface area contributed by atoms with Crippen molar-refractivity contribution in [2.75, 3.05) is 6.61 Å². The van der Waals surface area contributed by atoms with Gasteiger partial charge in [0.1, 0.15) is 17.4 Å². The van der Waals surface area contributed by atoms with Gasteiger partial charge in [-0.05, 0) is 56.4 Å². The van der Waals surface area contributed by atoms with Crippen molar-refractivity contribution in [2.45, 2.75) is 53.5 Å². The molecule has 1 heterocycles. The molecule has 0 unspecified atom stereocenters. The summed E-state index contributed by atoms with van der Waals surface area (Å²) in [6.07, 6.45) is 0. The first-order valence-electron chi connectivity index (χ1n) is 9.24. The summed E-state index contributed by atoms with van der Waals surface area (Å²) in [5.74, 6) is -0.0948. The van der Waals surface area contributed by atoms with Gasteiger partial charge < -0.3 is 9.84 Å². The molecule has 1 aromatic carbocycles. The van der Waals surface area contributed by atoms with Gasteiger partial charge in [0.15, 0.2) is 6.61 Å². The topological polar surface area (TPSA) is 92.3 Å². The number of ether oxygens (including phenoxy) is 1. The average molecular weight is 382 g/mol. The van der Waals surface area contributed by atoms with Crippen molar-refractivity contribution in [3.8, 4) is 17.7 Å². The van der Waals surface area contributed by atoms with Crippen LogP contribution in [0, 0.1) is 25.2 Å². The second-order valence-electron chi connectivity index (χ2n) is 7.49. The molecule has 6 nitrogen and oxygen atoms in total. The van der Waals surface area contributed by atoms with E-state index in [0.29, 0.717) is 5.75 Å². The van der Waals surface area contributed by atoms with Crippen molar-refractivity contribution in [2.24, 2.45) is 0 Å². The fraction of sp³-hybridized carbons (Fsp3) is 0.409. The fourth-order valence-electron chi connectivity index (χ4n) is 3.19. The minimum Gasteiger partial charge on any atom is -0.494 e. The molecule has 6 heteroatoms. The first-order chi connectivity index (χ1) is 13.1. The smallest absolute Gasteiger partial charge is 0.271 e. The van der Waals surface area contributed by atoms with E-state index in [1.165, 1.54) is 6.92 Å². The fourth-order valence-corrected chi connectivity index (χ4v) is 3.19. The first kappa shape index (κ1) is 21.2. The highest BCUT2D eigenvalue weighted by atomic mass is 16.5. The van der Waals surface area contributed by atoms with Crippen molar-refractivity contribution < 1.29 is 14.6 Å². The number of carbonyl (C=O) groups excluding carboxylic acids is 1. The zero-order valence-corrected chi connectivity index (χ0v) is 17.2. The molecule has 0 fully saturated rings. The molecule has 1 aromatic heterocycles. The van der Waals surface area contributed by atoms with Gasteiger partial charge in [0.2, 0.25) is 11.7 Å². The van der Waals surface area contributed by atoms with Crippen LogP contribution in [0.2, 0.25) is 0 Å². The number of nitrogens with zero attached hydrogens (tertiary/aromatic N) is 2. The Labute approximate surface area is 165 Å². The number of aromatic nitrogens is 1. The van der Waals surface area contributed by atoms with Crippen LogP contribution in [0.3, 0.4) is 0 Å². The molecular formula is C22H26N2O4. The average Bonchev–Trinajstić information content (AvgIpc) is 2.59. The lowest BCUT2D eigenvalue weighted by Crippen LogP contribution is -2.28. The van der Waals surface area contributed by atoms with Gasteiger partial charge in [0.25, 0.3) is 5.56 Å². The number of carbonyl (C=O) groups is 1. The van der Waals surface area contributed by atoms with Crippen LogP contribution in [0.5, 0.6) is 11.6 Å². The van der Waals surface area contributed by atoms with Crippen molar-refractivity contribution in [3.63, 3.8) is 0 Å². The summed E-state index contributed by atoms with van der Waals surface area (Å²) < 4.78 is 6.84. The number of aromatic hydroxyl groups is 1. The van der Waals surface area contributed by atoms with Gasteiger partial charge in [0, 0.05) is 6.04 Å². The highest BCUT2D eigenvalue weighted by molar-refractivity contribution is 6.01. The minimum atomic E-state index is -0.606. The molecule has 0 aliphatic rings. The lowest BCUT2D eigenvalue weighted by Gasteiger charge is -2.19. The quantitative estimate of drug-likeness (QED) is 0.762. The van der Waals surface area contributed by atoms with Crippen LogP contribution >= 0.6 is 0 Å². The van der Waals surface area contributed by atoms with Crippen LogP contribution in [0.4, 0.5) is 0 Å². The van der Waals surface area contributed by atoms with E-state index >= 15 is 0 Å². The largest absolute Gasteiger partial charge is 0.494 e.